The third-order valence-corrected chi connectivity index (χ3v) is 5.49. The fraction of sp³-hybridized carbons (Fsp3) is 0.125. The van der Waals surface area contributed by atoms with Crippen LogP contribution >= 0.6 is 11.6 Å². The molecule has 138 valence electrons. The predicted molar refractivity (Wildman–Crippen MR) is 110 cm³/mol. The van der Waals surface area contributed by atoms with E-state index in [1.54, 1.807) is 18.2 Å². The Morgan fingerprint density at radius 3 is 2.25 bits per heavy atom. The minimum Gasteiger partial charge on any atom is -0.478 e. The van der Waals surface area contributed by atoms with Crippen molar-refractivity contribution in [1.82, 2.24) is 0 Å². The Morgan fingerprint density at radius 2 is 1.54 bits per heavy atom. The van der Waals surface area contributed by atoms with Gasteiger partial charge in [0.25, 0.3) is 0 Å². The molecular weight excluding hydrogens is 372 g/mol. The number of halogens is 1. The first kappa shape index (κ1) is 17.1. The van der Waals surface area contributed by atoms with Crippen LogP contribution < -0.4 is 10.2 Å². The minimum absolute atomic E-state index is 0.0454. The van der Waals surface area contributed by atoms with E-state index < -0.39 is 0 Å². The van der Waals surface area contributed by atoms with Crippen molar-refractivity contribution in [2.24, 2.45) is 0 Å². The first-order valence-corrected chi connectivity index (χ1v) is 9.60. The monoisotopic (exact) mass is 388 g/mol. The highest BCUT2D eigenvalue weighted by Crippen LogP contribution is 2.43. The zero-order chi connectivity index (χ0) is 19.1. The fourth-order valence-corrected chi connectivity index (χ4v) is 4.07. The zero-order valence-electron chi connectivity index (χ0n) is 15.0. The van der Waals surface area contributed by atoms with Crippen molar-refractivity contribution in [3.8, 4) is 5.75 Å². The van der Waals surface area contributed by atoms with Crippen LogP contribution in [0.4, 0.5) is 0 Å². The van der Waals surface area contributed by atoms with Crippen LogP contribution in [0.25, 0.3) is 11.0 Å². The third-order valence-electron chi connectivity index (χ3n) is 5.25. The summed E-state index contributed by atoms with van der Waals surface area (Å²) in [5, 5.41) is 0.938. The van der Waals surface area contributed by atoms with Crippen LogP contribution in [0.2, 0.25) is 5.02 Å². The number of ether oxygens (including phenoxy) is 1. The summed E-state index contributed by atoms with van der Waals surface area (Å²) in [6.45, 7) is 0. The van der Waals surface area contributed by atoms with Crippen LogP contribution in [0.15, 0.2) is 88.1 Å². The lowest BCUT2D eigenvalue weighted by molar-refractivity contribution is 0.137. The Balaban J connectivity index is 1.70. The molecule has 0 saturated carbocycles. The molecule has 1 aliphatic heterocycles. The van der Waals surface area contributed by atoms with Gasteiger partial charge < -0.3 is 9.15 Å². The number of hydrogen-bond donors (Lipinski definition) is 0. The van der Waals surface area contributed by atoms with Crippen molar-refractivity contribution < 1.29 is 9.15 Å². The molecule has 0 N–H and O–H groups in total. The molecule has 0 spiro atoms. The summed E-state index contributed by atoms with van der Waals surface area (Å²) in [5.74, 6) is 0.917. The van der Waals surface area contributed by atoms with Gasteiger partial charge in [-0.25, -0.2) is 0 Å². The smallest absolute Gasteiger partial charge is 0.234 e. The Hall–Kier alpha value is -3.04. The molecule has 5 rings (SSSR count). The van der Waals surface area contributed by atoms with Gasteiger partial charge in [-0.3, -0.25) is 4.79 Å². The summed E-state index contributed by atoms with van der Waals surface area (Å²) in [6, 6.07) is 25.3. The number of fused-ring (bicyclic) bond motifs is 2. The van der Waals surface area contributed by atoms with Gasteiger partial charge in [-0.1, -0.05) is 72.3 Å². The molecule has 0 amide bonds. The summed E-state index contributed by atoms with van der Waals surface area (Å²) < 4.78 is 12.4. The topological polar surface area (TPSA) is 39.4 Å². The molecule has 0 bridgehead atoms. The molecule has 0 radical (unpaired) electrons. The molecule has 4 heteroatoms. The van der Waals surface area contributed by atoms with Crippen LogP contribution in [-0.2, 0) is 6.42 Å². The van der Waals surface area contributed by atoms with Gasteiger partial charge in [0.2, 0.25) is 11.2 Å². The highest BCUT2D eigenvalue weighted by Gasteiger charge is 2.35. The molecule has 0 saturated heterocycles. The molecule has 1 aromatic heterocycles. The standard InChI is InChI=1S/C24H17ClO3/c25-17-11-12-20-19(13-17)22(26)24-21(27-20)14-18(15-7-3-1-4-8-15)23(28-24)16-9-5-2-6-10-16/h1-13,18,23H,14H2/t18-,23-/m1/s1. The van der Waals surface area contributed by atoms with Gasteiger partial charge in [0, 0.05) is 17.4 Å². The lowest BCUT2D eigenvalue weighted by Gasteiger charge is -2.33. The molecule has 1 aliphatic rings. The normalized spacial score (nSPS) is 18.5. The summed E-state index contributed by atoms with van der Waals surface area (Å²) in [4.78, 5) is 13.1. The molecule has 2 atom stereocenters. The second-order valence-corrected chi connectivity index (χ2v) is 7.43. The van der Waals surface area contributed by atoms with Crippen molar-refractivity contribution in [3.63, 3.8) is 0 Å². The first-order chi connectivity index (χ1) is 13.7. The summed E-state index contributed by atoms with van der Waals surface area (Å²) >= 11 is 6.08. The van der Waals surface area contributed by atoms with E-state index in [1.807, 2.05) is 48.5 Å². The number of rotatable bonds is 2. The van der Waals surface area contributed by atoms with E-state index in [4.69, 9.17) is 20.8 Å². The molecule has 3 aromatic carbocycles. The van der Waals surface area contributed by atoms with Crippen molar-refractivity contribution >= 4 is 22.6 Å². The molecule has 0 unspecified atom stereocenters. The van der Waals surface area contributed by atoms with E-state index in [9.17, 15) is 4.79 Å². The predicted octanol–water partition coefficient (Wildman–Crippen LogP) is 5.91. The van der Waals surface area contributed by atoms with E-state index in [0.29, 0.717) is 28.2 Å². The van der Waals surface area contributed by atoms with Crippen LogP contribution in [0.5, 0.6) is 5.75 Å². The maximum Gasteiger partial charge on any atom is 0.234 e. The number of benzene rings is 3. The van der Waals surface area contributed by atoms with Crippen molar-refractivity contribution in [1.29, 1.82) is 0 Å². The second-order valence-electron chi connectivity index (χ2n) is 6.99. The first-order valence-electron chi connectivity index (χ1n) is 9.22. The molecule has 0 fully saturated rings. The van der Waals surface area contributed by atoms with E-state index >= 15 is 0 Å². The van der Waals surface area contributed by atoms with Crippen molar-refractivity contribution in [3.05, 3.63) is 111 Å². The highest BCUT2D eigenvalue weighted by molar-refractivity contribution is 6.31. The van der Waals surface area contributed by atoms with E-state index in [0.717, 1.165) is 11.1 Å². The molecular formula is C24H17ClO3. The molecule has 4 aromatic rings. The Kier molecular flexibility index (Phi) is 4.18. The van der Waals surface area contributed by atoms with Crippen molar-refractivity contribution in [2.75, 3.05) is 0 Å². The lowest BCUT2D eigenvalue weighted by atomic mass is 9.84. The van der Waals surface area contributed by atoms with E-state index in [1.165, 1.54) is 0 Å². The van der Waals surface area contributed by atoms with E-state index in [2.05, 4.69) is 12.1 Å². The minimum atomic E-state index is -0.268. The van der Waals surface area contributed by atoms with Crippen LogP contribution in [0, 0.1) is 0 Å². The van der Waals surface area contributed by atoms with Gasteiger partial charge in [-0.05, 0) is 29.3 Å². The number of hydrogen-bond acceptors (Lipinski definition) is 3. The van der Waals surface area contributed by atoms with Crippen LogP contribution in [0.1, 0.15) is 28.9 Å². The Labute approximate surface area is 167 Å². The van der Waals surface area contributed by atoms with Gasteiger partial charge in [-0.15, -0.1) is 0 Å². The average molecular weight is 389 g/mol. The van der Waals surface area contributed by atoms with Gasteiger partial charge >= 0.3 is 0 Å². The summed E-state index contributed by atoms with van der Waals surface area (Å²) in [5.41, 5.74) is 2.54. The van der Waals surface area contributed by atoms with Crippen LogP contribution in [-0.4, -0.2) is 0 Å². The van der Waals surface area contributed by atoms with E-state index in [-0.39, 0.29) is 23.2 Å². The summed E-state index contributed by atoms with van der Waals surface area (Å²) in [6.07, 6.45) is 0.322. The lowest BCUT2D eigenvalue weighted by Crippen LogP contribution is -2.28. The molecule has 0 aliphatic carbocycles. The zero-order valence-corrected chi connectivity index (χ0v) is 15.7. The quantitative estimate of drug-likeness (QED) is 0.428. The molecule has 28 heavy (non-hydrogen) atoms. The largest absolute Gasteiger partial charge is 0.478 e. The van der Waals surface area contributed by atoms with Crippen LogP contribution in [0.3, 0.4) is 0 Å². The fourth-order valence-electron chi connectivity index (χ4n) is 3.90. The van der Waals surface area contributed by atoms with Gasteiger partial charge in [0.05, 0.1) is 5.39 Å². The molecule has 3 nitrogen and oxygen atoms in total. The van der Waals surface area contributed by atoms with Crippen molar-refractivity contribution in [2.45, 2.75) is 18.4 Å². The average Bonchev–Trinajstić information content (AvgIpc) is 2.75. The van der Waals surface area contributed by atoms with Gasteiger partial charge in [0.15, 0.2) is 5.76 Å². The molecule has 2 heterocycles. The van der Waals surface area contributed by atoms with Gasteiger partial charge in [-0.2, -0.15) is 0 Å². The SMILES string of the molecule is O=c1c2c(oc3ccc(Cl)cc13)C[C@H](c1ccccc1)[C@@H](c1ccccc1)O2. The maximum atomic E-state index is 13.1. The van der Waals surface area contributed by atoms with Gasteiger partial charge in [0.1, 0.15) is 11.7 Å². The Bertz CT molecular complexity index is 1200. The second kappa shape index (κ2) is 6.84. The highest BCUT2D eigenvalue weighted by atomic mass is 35.5. The Morgan fingerprint density at radius 1 is 0.857 bits per heavy atom. The maximum absolute atomic E-state index is 13.1. The third kappa shape index (κ3) is 2.88. The summed E-state index contributed by atoms with van der Waals surface area (Å²) in [7, 11) is 0.